The van der Waals surface area contributed by atoms with E-state index in [1.165, 1.54) is 25.7 Å². The highest BCUT2D eigenvalue weighted by molar-refractivity contribution is 5.69. The minimum absolute atomic E-state index is 0.598. The molecule has 4 rings (SSSR count). The van der Waals surface area contributed by atoms with Crippen LogP contribution < -0.4 is 5.43 Å². The van der Waals surface area contributed by atoms with E-state index in [1.807, 2.05) is 11.0 Å². The number of rotatable bonds is 2. The van der Waals surface area contributed by atoms with Crippen molar-refractivity contribution in [1.82, 2.24) is 19.6 Å². The van der Waals surface area contributed by atoms with E-state index in [0.29, 0.717) is 6.04 Å². The van der Waals surface area contributed by atoms with Gasteiger partial charge in [0.15, 0.2) is 5.65 Å². The average molecular weight is 229 g/mol. The average Bonchev–Trinajstić information content (AvgIpc) is 3.05. The Bertz CT molecular complexity index is 549. The van der Waals surface area contributed by atoms with Crippen molar-refractivity contribution < 1.29 is 0 Å². The lowest BCUT2D eigenvalue weighted by Crippen LogP contribution is -2.32. The number of hydrogen-bond acceptors (Lipinski definition) is 4. The Labute approximate surface area is 99.3 Å². The van der Waals surface area contributed by atoms with Crippen molar-refractivity contribution in [3.63, 3.8) is 0 Å². The van der Waals surface area contributed by atoms with Crippen molar-refractivity contribution in [2.75, 3.05) is 5.43 Å². The molecule has 2 saturated carbocycles. The summed E-state index contributed by atoms with van der Waals surface area (Å²) in [5.74, 6) is 1.79. The summed E-state index contributed by atoms with van der Waals surface area (Å²) in [6, 6.07) is 0.598. The minimum atomic E-state index is 0.598. The van der Waals surface area contributed by atoms with Crippen LogP contribution in [0.4, 0.5) is 0 Å². The van der Waals surface area contributed by atoms with Crippen molar-refractivity contribution in [1.29, 1.82) is 0 Å². The van der Waals surface area contributed by atoms with E-state index in [9.17, 15) is 0 Å². The second-order valence-electron chi connectivity index (χ2n) is 5.26. The summed E-state index contributed by atoms with van der Waals surface area (Å²) in [6.45, 7) is 0. The van der Waals surface area contributed by atoms with Gasteiger partial charge in [-0.25, -0.2) is 19.6 Å². The smallest absolute Gasteiger partial charge is 0.181 e. The van der Waals surface area contributed by atoms with Crippen LogP contribution in [0.3, 0.4) is 0 Å². The molecule has 2 fully saturated rings. The van der Waals surface area contributed by atoms with Crippen LogP contribution in [0.25, 0.3) is 11.2 Å². The molecule has 0 spiro atoms. The van der Waals surface area contributed by atoms with Gasteiger partial charge >= 0.3 is 0 Å². The molecular weight excluding hydrogens is 214 g/mol. The van der Waals surface area contributed by atoms with E-state index in [4.69, 9.17) is 0 Å². The van der Waals surface area contributed by atoms with Crippen LogP contribution >= 0.6 is 0 Å². The first kappa shape index (κ1) is 9.39. The highest BCUT2D eigenvalue weighted by Crippen LogP contribution is 2.44. The molecule has 2 aromatic rings. The van der Waals surface area contributed by atoms with Crippen molar-refractivity contribution in [3.05, 3.63) is 18.9 Å². The number of nitrogens with one attached hydrogen (secondary N) is 1. The largest absolute Gasteiger partial charge is 0.320 e. The zero-order valence-electron chi connectivity index (χ0n) is 9.58. The maximum Gasteiger partial charge on any atom is 0.181 e. The van der Waals surface area contributed by atoms with E-state index < -0.39 is 0 Å². The normalized spacial score (nSPS) is 31.2. The van der Waals surface area contributed by atoms with Crippen molar-refractivity contribution in [2.45, 2.75) is 31.7 Å². The third kappa shape index (κ3) is 1.41. The Morgan fingerprint density at radius 2 is 2.24 bits per heavy atom. The molecule has 2 bridgehead atoms. The van der Waals surface area contributed by atoms with Gasteiger partial charge in [-0.15, -0.1) is 0 Å². The Morgan fingerprint density at radius 1 is 1.24 bits per heavy atom. The van der Waals surface area contributed by atoms with Gasteiger partial charge < -0.3 is 5.43 Å². The summed E-state index contributed by atoms with van der Waals surface area (Å²) >= 11 is 0. The van der Waals surface area contributed by atoms with Gasteiger partial charge in [0.25, 0.3) is 0 Å². The van der Waals surface area contributed by atoms with Crippen LogP contribution in [0.15, 0.2) is 18.9 Å². The second-order valence-corrected chi connectivity index (χ2v) is 5.26. The Balaban J connectivity index is 1.63. The van der Waals surface area contributed by atoms with Crippen LogP contribution in [0.1, 0.15) is 25.7 Å². The zero-order valence-corrected chi connectivity index (χ0v) is 9.58. The van der Waals surface area contributed by atoms with E-state index in [2.05, 4.69) is 20.4 Å². The summed E-state index contributed by atoms with van der Waals surface area (Å²) in [5.41, 5.74) is 5.29. The van der Waals surface area contributed by atoms with Gasteiger partial charge in [-0.2, -0.15) is 0 Å². The number of fused-ring (bicyclic) bond motifs is 3. The zero-order chi connectivity index (χ0) is 11.2. The topological polar surface area (TPSA) is 55.6 Å². The van der Waals surface area contributed by atoms with Gasteiger partial charge in [0, 0.05) is 6.04 Å². The quantitative estimate of drug-likeness (QED) is 0.849. The SMILES string of the molecule is c1ncc2ncn(NC3CC4CCC3C4)c2n1. The van der Waals surface area contributed by atoms with Crippen LogP contribution in [0.5, 0.6) is 0 Å². The standard InChI is InChI=1S/C12H15N5/c1-2-9-3-8(1)4-10(9)16-17-7-15-11-5-13-6-14-12(11)17/h5-10,16H,1-4H2. The predicted molar refractivity (Wildman–Crippen MR) is 63.9 cm³/mol. The predicted octanol–water partition coefficient (Wildman–Crippen LogP) is 1.56. The molecule has 17 heavy (non-hydrogen) atoms. The van der Waals surface area contributed by atoms with E-state index >= 15 is 0 Å². The van der Waals surface area contributed by atoms with E-state index in [0.717, 1.165) is 23.0 Å². The molecule has 5 heteroatoms. The summed E-state index contributed by atoms with van der Waals surface area (Å²) in [6.07, 6.45) is 10.6. The molecule has 2 aliphatic rings. The first-order chi connectivity index (χ1) is 8.40. The lowest BCUT2D eigenvalue weighted by Gasteiger charge is -2.24. The molecular formula is C12H15N5. The molecule has 88 valence electrons. The number of imidazole rings is 1. The highest BCUT2D eigenvalue weighted by atomic mass is 15.5. The van der Waals surface area contributed by atoms with Crippen LogP contribution in [-0.4, -0.2) is 25.7 Å². The molecule has 0 radical (unpaired) electrons. The molecule has 3 unspecified atom stereocenters. The third-order valence-electron chi connectivity index (χ3n) is 4.26. The summed E-state index contributed by atoms with van der Waals surface area (Å²) < 4.78 is 1.96. The van der Waals surface area contributed by atoms with Crippen LogP contribution in [0, 0.1) is 11.8 Å². The van der Waals surface area contributed by atoms with E-state index in [1.54, 1.807) is 12.5 Å². The highest BCUT2D eigenvalue weighted by Gasteiger charge is 2.39. The van der Waals surface area contributed by atoms with Gasteiger partial charge in [-0.05, 0) is 31.1 Å². The molecule has 0 amide bonds. The fourth-order valence-corrected chi connectivity index (χ4v) is 3.44. The molecule has 3 atom stereocenters. The molecule has 2 heterocycles. The molecule has 0 aliphatic heterocycles. The fourth-order valence-electron chi connectivity index (χ4n) is 3.44. The van der Waals surface area contributed by atoms with Crippen molar-refractivity contribution in [3.8, 4) is 0 Å². The maximum atomic E-state index is 4.30. The van der Waals surface area contributed by atoms with Crippen molar-refractivity contribution in [2.24, 2.45) is 11.8 Å². The van der Waals surface area contributed by atoms with Crippen molar-refractivity contribution >= 4 is 11.2 Å². The first-order valence-corrected chi connectivity index (χ1v) is 6.30. The van der Waals surface area contributed by atoms with Gasteiger partial charge in [-0.1, -0.05) is 6.42 Å². The van der Waals surface area contributed by atoms with Crippen LogP contribution in [-0.2, 0) is 0 Å². The van der Waals surface area contributed by atoms with Gasteiger partial charge in [0.2, 0.25) is 0 Å². The number of nitrogens with zero attached hydrogens (tertiary/aromatic N) is 4. The summed E-state index contributed by atoms with van der Waals surface area (Å²) in [7, 11) is 0. The maximum absolute atomic E-state index is 4.30. The lowest BCUT2D eigenvalue weighted by molar-refractivity contribution is 0.417. The van der Waals surface area contributed by atoms with Crippen LogP contribution in [0.2, 0.25) is 0 Å². The van der Waals surface area contributed by atoms with Gasteiger partial charge in [0.1, 0.15) is 18.2 Å². The third-order valence-corrected chi connectivity index (χ3v) is 4.26. The Hall–Kier alpha value is -1.65. The number of hydrogen-bond donors (Lipinski definition) is 1. The molecule has 5 nitrogen and oxygen atoms in total. The summed E-state index contributed by atoms with van der Waals surface area (Å²) in [4.78, 5) is 12.6. The Kier molecular flexibility index (Phi) is 1.89. The molecule has 1 N–H and O–H groups in total. The van der Waals surface area contributed by atoms with Gasteiger partial charge in [-0.3, -0.25) is 0 Å². The fraction of sp³-hybridized carbons (Fsp3) is 0.583. The molecule has 0 aromatic carbocycles. The van der Waals surface area contributed by atoms with E-state index in [-0.39, 0.29) is 0 Å². The summed E-state index contributed by atoms with van der Waals surface area (Å²) in [5, 5.41) is 0. The Morgan fingerprint density at radius 3 is 3.06 bits per heavy atom. The molecule has 2 aromatic heterocycles. The lowest BCUT2D eigenvalue weighted by atomic mass is 9.96. The number of aromatic nitrogens is 4. The first-order valence-electron chi connectivity index (χ1n) is 6.30. The molecule has 2 aliphatic carbocycles. The van der Waals surface area contributed by atoms with Gasteiger partial charge in [0.05, 0.1) is 6.20 Å². The monoisotopic (exact) mass is 229 g/mol. The molecule has 0 saturated heterocycles. The second kappa shape index (κ2) is 3.42. The minimum Gasteiger partial charge on any atom is -0.320 e.